The lowest BCUT2D eigenvalue weighted by molar-refractivity contribution is -0.126. The van der Waals surface area contributed by atoms with Crippen molar-refractivity contribution in [1.29, 1.82) is 0 Å². The molecule has 0 fully saturated rings. The molecular weight excluding hydrogens is 238 g/mol. The fourth-order valence-electron chi connectivity index (χ4n) is 1.16. The van der Waals surface area contributed by atoms with Gasteiger partial charge in [-0.15, -0.1) is 0 Å². The number of sulfone groups is 1. The third-order valence-electron chi connectivity index (χ3n) is 1.83. The van der Waals surface area contributed by atoms with Crippen LogP contribution in [0.1, 0.15) is 5.56 Å². The van der Waals surface area contributed by atoms with Gasteiger partial charge in [-0.25, -0.2) is 17.2 Å². The van der Waals surface area contributed by atoms with E-state index in [1.54, 1.807) is 30.3 Å². The van der Waals surface area contributed by atoms with Crippen LogP contribution in [0.25, 0.3) is 0 Å². The minimum absolute atomic E-state index is 0.397. The Kier molecular flexibility index (Phi) is 4.12. The fraction of sp³-hybridized carbons (Fsp3) is 0.300. The number of Topliss-reactive ketones (excluding diaryl/α,β-unsaturated/α-hetero) is 1. The van der Waals surface area contributed by atoms with Crippen molar-refractivity contribution in [2.45, 2.75) is 12.2 Å². The normalized spacial score (nSPS) is 11.7. The number of hydrogen-bond donors (Lipinski definition) is 0. The molecule has 0 heterocycles. The molecule has 0 N–H and O–H groups in total. The van der Waals surface area contributed by atoms with Crippen LogP contribution in [-0.2, 0) is 20.4 Å². The minimum atomic E-state index is -3.81. The number of ketones is 1. The molecule has 0 radical (unpaired) electrons. The Morgan fingerprint density at radius 3 is 2.25 bits per heavy atom. The topological polar surface area (TPSA) is 51.2 Å². The molecule has 88 valence electrons. The molecule has 0 aliphatic rings. The Balaban J connectivity index is 2.70. The molecule has 1 rings (SSSR count). The fourth-order valence-corrected chi connectivity index (χ4v) is 2.52. The molecule has 0 amide bonds. The second-order valence-corrected chi connectivity index (χ2v) is 5.35. The second-order valence-electron chi connectivity index (χ2n) is 3.28. The SMILES string of the molecule is O=C(CS(=O)(=O)Cc1ccccc1)C(F)F. The first kappa shape index (κ1) is 12.8. The van der Waals surface area contributed by atoms with Crippen molar-refractivity contribution < 1.29 is 22.0 Å². The quantitative estimate of drug-likeness (QED) is 0.792. The molecule has 16 heavy (non-hydrogen) atoms. The summed E-state index contributed by atoms with van der Waals surface area (Å²) in [6.45, 7) is 0. The molecule has 0 atom stereocenters. The predicted molar refractivity (Wildman–Crippen MR) is 54.9 cm³/mol. The van der Waals surface area contributed by atoms with Crippen molar-refractivity contribution in [1.82, 2.24) is 0 Å². The van der Waals surface area contributed by atoms with Gasteiger partial charge in [0.1, 0.15) is 5.75 Å². The Morgan fingerprint density at radius 1 is 1.19 bits per heavy atom. The molecule has 0 bridgehead atoms. The summed E-state index contributed by atoms with van der Waals surface area (Å²) in [7, 11) is -3.81. The van der Waals surface area contributed by atoms with Crippen LogP contribution in [0.5, 0.6) is 0 Å². The summed E-state index contributed by atoms with van der Waals surface area (Å²) in [5.41, 5.74) is 0.476. The van der Waals surface area contributed by atoms with E-state index in [0.29, 0.717) is 5.56 Å². The summed E-state index contributed by atoms with van der Waals surface area (Å²) in [6, 6.07) is 8.11. The van der Waals surface area contributed by atoms with Crippen LogP contribution in [0.2, 0.25) is 0 Å². The Morgan fingerprint density at radius 2 is 1.75 bits per heavy atom. The maximum absolute atomic E-state index is 11.9. The second kappa shape index (κ2) is 5.16. The minimum Gasteiger partial charge on any atom is -0.292 e. The summed E-state index contributed by atoms with van der Waals surface area (Å²) >= 11 is 0. The van der Waals surface area contributed by atoms with Gasteiger partial charge in [-0.05, 0) is 5.56 Å². The number of carbonyl (C=O) groups excluding carboxylic acids is 1. The van der Waals surface area contributed by atoms with Crippen LogP contribution in [-0.4, -0.2) is 26.4 Å². The van der Waals surface area contributed by atoms with Crippen LogP contribution < -0.4 is 0 Å². The number of hydrogen-bond acceptors (Lipinski definition) is 3. The molecule has 6 heteroatoms. The van der Waals surface area contributed by atoms with E-state index in [4.69, 9.17) is 0 Å². The van der Waals surface area contributed by atoms with E-state index in [1.165, 1.54) is 0 Å². The molecule has 0 aliphatic heterocycles. The predicted octanol–water partition coefficient (Wildman–Crippen LogP) is 1.44. The number of halogens is 2. The first-order valence-electron chi connectivity index (χ1n) is 4.46. The highest BCUT2D eigenvalue weighted by Crippen LogP contribution is 2.08. The van der Waals surface area contributed by atoms with Crippen LogP contribution in [0.15, 0.2) is 30.3 Å². The largest absolute Gasteiger partial charge is 0.297 e. The average molecular weight is 248 g/mol. The maximum Gasteiger partial charge on any atom is 0.297 e. The Labute approximate surface area is 92.0 Å². The first-order chi connectivity index (χ1) is 7.41. The van der Waals surface area contributed by atoms with Gasteiger partial charge in [-0.1, -0.05) is 30.3 Å². The molecule has 0 saturated heterocycles. The van der Waals surface area contributed by atoms with Crippen molar-refractivity contribution in [3.05, 3.63) is 35.9 Å². The monoisotopic (exact) mass is 248 g/mol. The van der Waals surface area contributed by atoms with Crippen LogP contribution in [0.4, 0.5) is 8.78 Å². The van der Waals surface area contributed by atoms with E-state index in [9.17, 15) is 22.0 Å². The van der Waals surface area contributed by atoms with Gasteiger partial charge in [-0.3, -0.25) is 4.79 Å². The molecule has 0 aromatic heterocycles. The average Bonchev–Trinajstić information content (AvgIpc) is 2.17. The molecule has 1 aromatic carbocycles. The molecule has 0 saturated carbocycles. The highest BCUT2D eigenvalue weighted by molar-refractivity contribution is 7.91. The molecule has 0 spiro atoms. The van der Waals surface area contributed by atoms with Gasteiger partial charge in [0.15, 0.2) is 9.84 Å². The standard InChI is InChI=1S/C10H10F2O3S/c11-10(12)9(13)7-16(14,15)6-8-4-2-1-3-5-8/h1-5,10H,6-7H2. The molecule has 0 unspecified atom stereocenters. The van der Waals surface area contributed by atoms with E-state index in [-0.39, 0.29) is 0 Å². The summed E-state index contributed by atoms with van der Waals surface area (Å²) in [5, 5.41) is 0. The van der Waals surface area contributed by atoms with Gasteiger partial charge >= 0.3 is 0 Å². The molecule has 3 nitrogen and oxygen atoms in total. The van der Waals surface area contributed by atoms with Gasteiger partial charge in [0.2, 0.25) is 5.78 Å². The van der Waals surface area contributed by atoms with Crippen LogP contribution in [0, 0.1) is 0 Å². The zero-order valence-electron chi connectivity index (χ0n) is 8.27. The van der Waals surface area contributed by atoms with Crippen molar-refractivity contribution in [2.24, 2.45) is 0 Å². The van der Waals surface area contributed by atoms with Crippen molar-refractivity contribution in [3.8, 4) is 0 Å². The molecule has 1 aromatic rings. The number of rotatable bonds is 5. The van der Waals surface area contributed by atoms with E-state index in [0.717, 1.165) is 0 Å². The van der Waals surface area contributed by atoms with E-state index >= 15 is 0 Å². The summed E-state index contributed by atoms with van der Waals surface area (Å²) in [5.74, 6) is -3.07. The third-order valence-corrected chi connectivity index (χ3v) is 3.33. The van der Waals surface area contributed by atoms with Crippen LogP contribution in [0.3, 0.4) is 0 Å². The highest BCUT2D eigenvalue weighted by Gasteiger charge is 2.23. The number of carbonyl (C=O) groups is 1. The smallest absolute Gasteiger partial charge is 0.292 e. The van der Waals surface area contributed by atoms with Crippen LogP contribution >= 0.6 is 0 Å². The summed E-state index contributed by atoms with van der Waals surface area (Å²) < 4.78 is 46.5. The molecular formula is C10H10F2O3S. The van der Waals surface area contributed by atoms with E-state index < -0.39 is 33.6 Å². The lowest BCUT2D eigenvalue weighted by atomic mass is 10.2. The zero-order valence-corrected chi connectivity index (χ0v) is 9.08. The van der Waals surface area contributed by atoms with Crippen molar-refractivity contribution in [2.75, 3.05) is 5.75 Å². The Hall–Kier alpha value is -1.30. The summed E-state index contributed by atoms with van der Waals surface area (Å²) in [6.07, 6.45) is -3.23. The van der Waals surface area contributed by atoms with E-state index in [2.05, 4.69) is 0 Å². The van der Waals surface area contributed by atoms with Crippen molar-refractivity contribution in [3.63, 3.8) is 0 Å². The lowest BCUT2D eigenvalue weighted by Crippen LogP contribution is -2.23. The van der Waals surface area contributed by atoms with Gasteiger partial charge in [0.25, 0.3) is 6.43 Å². The van der Waals surface area contributed by atoms with Gasteiger partial charge in [0.05, 0.1) is 5.75 Å². The zero-order chi connectivity index (χ0) is 12.2. The van der Waals surface area contributed by atoms with E-state index in [1.807, 2.05) is 0 Å². The molecule has 0 aliphatic carbocycles. The number of alkyl halides is 2. The van der Waals surface area contributed by atoms with Gasteiger partial charge in [-0.2, -0.15) is 0 Å². The highest BCUT2D eigenvalue weighted by atomic mass is 32.2. The van der Waals surface area contributed by atoms with Gasteiger partial charge < -0.3 is 0 Å². The third kappa shape index (κ3) is 4.06. The first-order valence-corrected chi connectivity index (χ1v) is 6.28. The maximum atomic E-state index is 11.9. The number of benzene rings is 1. The lowest BCUT2D eigenvalue weighted by Gasteiger charge is -2.03. The summed E-state index contributed by atoms with van der Waals surface area (Å²) in [4.78, 5) is 10.6. The van der Waals surface area contributed by atoms with Crippen molar-refractivity contribution >= 4 is 15.6 Å². The van der Waals surface area contributed by atoms with Gasteiger partial charge in [0, 0.05) is 0 Å². The Bertz CT molecular complexity index is 454.